The molecule has 146 valence electrons. The highest BCUT2D eigenvalue weighted by Crippen LogP contribution is 2.20. The van der Waals surface area contributed by atoms with Gasteiger partial charge in [-0.25, -0.2) is 4.98 Å². The van der Waals surface area contributed by atoms with Gasteiger partial charge in [-0.1, -0.05) is 70.5 Å². The Hall–Kier alpha value is -2.92. The van der Waals surface area contributed by atoms with Gasteiger partial charge < -0.3 is 9.88 Å². The SMILES string of the molecule is O=C(CCc1ccccc1)NCc1nc2ccccc2n1Cc1cccc(Br)c1. The lowest BCUT2D eigenvalue weighted by Gasteiger charge is -2.11. The number of imidazole rings is 1. The number of benzene rings is 3. The fourth-order valence-corrected chi connectivity index (χ4v) is 3.87. The predicted octanol–water partition coefficient (Wildman–Crippen LogP) is 5.10. The number of hydrogen-bond acceptors (Lipinski definition) is 2. The van der Waals surface area contributed by atoms with Gasteiger partial charge in [0.25, 0.3) is 0 Å². The molecule has 3 aromatic carbocycles. The number of aromatic nitrogens is 2. The summed E-state index contributed by atoms with van der Waals surface area (Å²) in [5.41, 5.74) is 4.36. The van der Waals surface area contributed by atoms with Crippen LogP contribution < -0.4 is 5.32 Å². The van der Waals surface area contributed by atoms with Crippen molar-refractivity contribution in [2.75, 3.05) is 0 Å². The molecule has 4 nitrogen and oxygen atoms in total. The Morgan fingerprint density at radius 2 is 1.69 bits per heavy atom. The molecule has 0 saturated carbocycles. The van der Waals surface area contributed by atoms with E-state index in [-0.39, 0.29) is 5.91 Å². The maximum atomic E-state index is 12.4. The first kappa shape index (κ1) is 19.4. The van der Waals surface area contributed by atoms with E-state index in [2.05, 4.69) is 44.0 Å². The molecule has 1 amide bonds. The van der Waals surface area contributed by atoms with Crippen molar-refractivity contribution in [1.82, 2.24) is 14.9 Å². The summed E-state index contributed by atoms with van der Waals surface area (Å²) in [7, 11) is 0. The van der Waals surface area contributed by atoms with Gasteiger partial charge in [-0.15, -0.1) is 0 Å². The summed E-state index contributed by atoms with van der Waals surface area (Å²) >= 11 is 3.54. The number of fused-ring (bicyclic) bond motifs is 1. The molecule has 4 rings (SSSR count). The minimum absolute atomic E-state index is 0.0370. The average Bonchev–Trinajstić information content (AvgIpc) is 3.09. The van der Waals surface area contributed by atoms with Crippen LogP contribution in [0.15, 0.2) is 83.3 Å². The summed E-state index contributed by atoms with van der Waals surface area (Å²) in [6.07, 6.45) is 1.21. The van der Waals surface area contributed by atoms with Crippen molar-refractivity contribution in [3.8, 4) is 0 Å². The maximum Gasteiger partial charge on any atom is 0.220 e. The molecule has 0 unspecified atom stereocenters. The Balaban J connectivity index is 1.48. The first-order valence-corrected chi connectivity index (χ1v) is 10.5. The van der Waals surface area contributed by atoms with Crippen LogP contribution in [0.3, 0.4) is 0 Å². The highest BCUT2D eigenvalue weighted by Gasteiger charge is 2.12. The monoisotopic (exact) mass is 447 g/mol. The molecule has 1 heterocycles. The number of carbonyl (C=O) groups is 1. The fourth-order valence-electron chi connectivity index (χ4n) is 3.42. The van der Waals surface area contributed by atoms with Crippen molar-refractivity contribution in [1.29, 1.82) is 0 Å². The fraction of sp³-hybridized carbons (Fsp3) is 0.167. The molecule has 0 spiro atoms. The van der Waals surface area contributed by atoms with Crippen molar-refractivity contribution in [3.63, 3.8) is 0 Å². The van der Waals surface area contributed by atoms with Crippen LogP contribution in [-0.4, -0.2) is 15.5 Å². The highest BCUT2D eigenvalue weighted by atomic mass is 79.9. The van der Waals surface area contributed by atoms with Gasteiger partial charge in [0.05, 0.1) is 17.6 Å². The molecule has 5 heteroatoms. The molecule has 0 saturated heterocycles. The first-order chi connectivity index (χ1) is 14.2. The number of carbonyl (C=O) groups excluding carboxylic acids is 1. The van der Waals surface area contributed by atoms with Crippen molar-refractivity contribution in [2.24, 2.45) is 0 Å². The number of rotatable bonds is 7. The van der Waals surface area contributed by atoms with Crippen molar-refractivity contribution in [2.45, 2.75) is 25.9 Å². The third-order valence-corrected chi connectivity index (χ3v) is 5.38. The number of para-hydroxylation sites is 2. The molecule has 0 aliphatic rings. The minimum atomic E-state index is 0.0370. The van der Waals surface area contributed by atoms with E-state index in [1.807, 2.05) is 60.7 Å². The van der Waals surface area contributed by atoms with E-state index in [0.29, 0.717) is 19.5 Å². The Labute approximate surface area is 178 Å². The molecular weight excluding hydrogens is 426 g/mol. The zero-order valence-corrected chi connectivity index (χ0v) is 17.6. The van der Waals surface area contributed by atoms with Crippen LogP contribution >= 0.6 is 15.9 Å². The van der Waals surface area contributed by atoms with Crippen molar-refractivity contribution in [3.05, 3.63) is 100 Å². The Morgan fingerprint density at radius 1 is 0.931 bits per heavy atom. The number of halogens is 1. The maximum absolute atomic E-state index is 12.4. The van der Waals surface area contributed by atoms with Crippen LogP contribution in [0.2, 0.25) is 0 Å². The van der Waals surface area contributed by atoms with Gasteiger partial charge >= 0.3 is 0 Å². The number of amides is 1. The van der Waals surface area contributed by atoms with E-state index in [1.165, 1.54) is 11.1 Å². The van der Waals surface area contributed by atoms with Gasteiger partial charge in [0, 0.05) is 17.4 Å². The lowest BCUT2D eigenvalue weighted by Crippen LogP contribution is -2.25. The minimum Gasteiger partial charge on any atom is -0.349 e. The third-order valence-electron chi connectivity index (χ3n) is 4.89. The number of hydrogen-bond donors (Lipinski definition) is 1. The molecule has 4 aromatic rings. The summed E-state index contributed by atoms with van der Waals surface area (Å²) in [4.78, 5) is 17.1. The van der Waals surface area contributed by atoms with Crippen LogP contribution in [0.5, 0.6) is 0 Å². The number of aryl methyl sites for hydroxylation is 1. The largest absolute Gasteiger partial charge is 0.349 e. The van der Waals surface area contributed by atoms with Crippen LogP contribution in [0.1, 0.15) is 23.4 Å². The quantitative estimate of drug-likeness (QED) is 0.428. The number of nitrogens with zero attached hydrogens (tertiary/aromatic N) is 2. The topological polar surface area (TPSA) is 46.9 Å². The second-order valence-electron chi connectivity index (χ2n) is 7.00. The zero-order valence-electron chi connectivity index (χ0n) is 16.0. The Morgan fingerprint density at radius 3 is 2.52 bits per heavy atom. The van der Waals surface area contributed by atoms with E-state index in [0.717, 1.165) is 27.8 Å². The van der Waals surface area contributed by atoms with Crippen molar-refractivity contribution < 1.29 is 4.79 Å². The van der Waals surface area contributed by atoms with Crippen LogP contribution in [0.25, 0.3) is 11.0 Å². The lowest BCUT2D eigenvalue weighted by molar-refractivity contribution is -0.121. The third kappa shape index (κ3) is 4.93. The van der Waals surface area contributed by atoms with Gasteiger partial charge in [0.2, 0.25) is 5.91 Å². The van der Waals surface area contributed by atoms with Crippen LogP contribution in [0, 0.1) is 0 Å². The second kappa shape index (κ2) is 9.05. The average molecular weight is 448 g/mol. The highest BCUT2D eigenvalue weighted by molar-refractivity contribution is 9.10. The normalized spacial score (nSPS) is 10.9. The van der Waals surface area contributed by atoms with E-state index < -0.39 is 0 Å². The summed E-state index contributed by atoms with van der Waals surface area (Å²) in [6.45, 7) is 1.12. The molecule has 0 radical (unpaired) electrons. The molecule has 0 fully saturated rings. The zero-order chi connectivity index (χ0) is 20.1. The van der Waals surface area contributed by atoms with E-state index in [9.17, 15) is 4.79 Å². The summed E-state index contributed by atoms with van der Waals surface area (Å²) < 4.78 is 3.23. The molecular formula is C24H22BrN3O. The predicted molar refractivity (Wildman–Crippen MR) is 120 cm³/mol. The Bertz CT molecular complexity index is 1120. The van der Waals surface area contributed by atoms with Gasteiger partial charge in [0.1, 0.15) is 5.82 Å². The Kier molecular flexibility index (Phi) is 6.06. The second-order valence-corrected chi connectivity index (χ2v) is 7.91. The summed E-state index contributed by atoms with van der Waals surface area (Å²) in [5, 5.41) is 3.04. The number of nitrogens with one attached hydrogen (secondary N) is 1. The lowest BCUT2D eigenvalue weighted by atomic mass is 10.1. The summed E-state index contributed by atoms with van der Waals surface area (Å²) in [5.74, 6) is 0.897. The van der Waals surface area contributed by atoms with E-state index in [1.54, 1.807) is 0 Å². The van der Waals surface area contributed by atoms with Gasteiger partial charge in [-0.3, -0.25) is 4.79 Å². The molecule has 1 aromatic heterocycles. The van der Waals surface area contributed by atoms with Gasteiger partial charge in [-0.2, -0.15) is 0 Å². The van der Waals surface area contributed by atoms with Crippen LogP contribution in [0.4, 0.5) is 0 Å². The molecule has 29 heavy (non-hydrogen) atoms. The first-order valence-electron chi connectivity index (χ1n) is 9.68. The van der Waals surface area contributed by atoms with E-state index >= 15 is 0 Å². The molecule has 0 atom stereocenters. The molecule has 0 bridgehead atoms. The van der Waals surface area contributed by atoms with Crippen LogP contribution in [-0.2, 0) is 24.3 Å². The summed E-state index contributed by atoms with van der Waals surface area (Å²) in [6, 6.07) is 26.4. The van der Waals surface area contributed by atoms with Gasteiger partial charge in [0.15, 0.2) is 0 Å². The smallest absolute Gasteiger partial charge is 0.220 e. The van der Waals surface area contributed by atoms with Crippen molar-refractivity contribution >= 4 is 32.9 Å². The van der Waals surface area contributed by atoms with Gasteiger partial charge in [-0.05, 0) is 41.8 Å². The standard InChI is InChI=1S/C24H22BrN3O/c25-20-10-6-9-19(15-20)17-28-22-12-5-4-11-21(22)27-23(28)16-26-24(29)14-13-18-7-2-1-3-8-18/h1-12,15H,13-14,16-17H2,(H,26,29). The molecule has 0 aliphatic heterocycles. The van der Waals surface area contributed by atoms with E-state index in [4.69, 9.17) is 4.98 Å². The molecule has 1 N–H and O–H groups in total. The molecule has 0 aliphatic carbocycles.